The number of likely N-dealkylation sites (tertiary alicyclic amines) is 1. The van der Waals surface area contributed by atoms with Crippen molar-refractivity contribution in [2.45, 2.75) is 38.1 Å². The van der Waals surface area contributed by atoms with Gasteiger partial charge in [0.25, 0.3) is 0 Å². The highest BCUT2D eigenvalue weighted by atomic mass is 16.5. The number of carbonyl (C=O) groups is 2. The summed E-state index contributed by atoms with van der Waals surface area (Å²) in [7, 11) is 1.40. The summed E-state index contributed by atoms with van der Waals surface area (Å²) in [5.41, 5.74) is 0.978. The molecule has 1 aromatic heterocycles. The van der Waals surface area contributed by atoms with Crippen LogP contribution in [0.2, 0.25) is 0 Å². The minimum Gasteiger partial charge on any atom is -0.467 e. The molecule has 6 heteroatoms. The van der Waals surface area contributed by atoms with Crippen molar-refractivity contribution < 1.29 is 14.3 Å². The second-order valence-electron chi connectivity index (χ2n) is 7.39. The lowest BCUT2D eigenvalue weighted by Gasteiger charge is -2.46. The van der Waals surface area contributed by atoms with Gasteiger partial charge in [-0.1, -0.05) is 31.2 Å². The molecule has 3 rings (SSSR count). The fraction of sp³-hybridized carbons (Fsp3) is 0.435. The van der Waals surface area contributed by atoms with E-state index in [9.17, 15) is 9.59 Å². The zero-order chi connectivity index (χ0) is 20.7. The van der Waals surface area contributed by atoms with E-state index in [1.807, 2.05) is 49.5 Å². The molecular formula is C23H29N3O3. The van der Waals surface area contributed by atoms with Gasteiger partial charge in [-0.25, -0.2) is 4.79 Å². The van der Waals surface area contributed by atoms with Gasteiger partial charge in [-0.15, -0.1) is 0 Å². The Morgan fingerprint density at radius 3 is 2.45 bits per heavy atom. The summed E-state index contributed by atoms with van der Waals surface area (Å²) in [6.45, 7) is 4.19. The summed E-state index contributed by atoms with van der Waals surface area (Å²) in [5, 5.41) is 0. The number of amides is 1. The van der Waals surface area contributed by atoms with Crippen molar-refractivity contribution in [3.8, 4) is 0 Å². The number of benzene rings is 1. The van der Waals surface area contributed by atoms with Crippen LogP contribution in [0.5, 0.6) is 0 Å². The van der Waals surface area contributed by atoms with Crippen LogP contribution in [0.25, 0.3) is 0 Å². The summed E-state index contributed by atoms with van der Waals surface area (Å²) in [6, 6.07) is 13.5. The summed E-state index contributed by atoms with van der Waals surface area (Å²) in [6.07, 6.45) is 6.01. The minimum atomic E-state index is -0.964. The van der Waals surface area contributed by atoms with Crippen LogP contribution in [0.4, 0.5) is 5.69 Å². The molecular weight excluding hydrogens is 366 g/mol. The highest BCUT2D eigenvalue weighted by molar-refractivity contribution is 6.02. The molecule has 6 nitrogen and oxygen atoms in total. The van der Waals surface area contributed by atoms with Gasteiger partial charge in [0.1, 0.15) is 5.54 Å². The second kappa shape index (κ2) is 9.65. The van der Waals surface area contributed by atoms with Gasteiger partial charge in [0.2, 0.25) is 5.91 Å². The van der Waals surface area contributed by atoms with Crippen molar-refractivity contribution in [2.75, 3.05) is 31.6 Å². The molecule has 2 aromatic rings. The van der Waals surface area contributed by atoms with Gasteiger partial charge in [0.05, 0.1) is 7.11 Å². The van der Waals surface area contributed by atoms with E-state index in [-0.39, 0.29) is 11.9 Å². The fourth-order valence-corrected chi connectivity index (χ4v) is 4.05. The lowest BCUT2D eigenvalue weighted by molar-refractivity contribution is -0.151. The lowest BCUT2D eigenvalue weighted by atomic mass is 9.84. The second-order valence-corrected chi connectivity index (χ2v) is 7.39. The van der Waals surface area contributed by atoms with E-state index in [0.29, 0.717) is 19.3 Å². The third-order valence-electron chi connectivity index (χ3n) is 5.68. The van der Waals surface area contributed by atoms with Gasteiger partial charge in [0.15, 0.2) is 0 Å². The number of pyridine rings is 1. The number of hydrogen-bond acceptors (Lipinski definition) is 5. The van der Waals surface area contributed by atoms with Crippen LogP contribution in [0.15, 0.2) is 54.9 Å². The van der Waals surface area contributed by atoms with Crippen LogP contribution in [-0.2, 0) is 20.7 Å². The molecule has 29 heavy (non-hydrogen) atoms. The number of methoxy groups -OCH3 is 1. The Labute approximate surface area is 172 Å². The van der Waals surface area contributed by atoms with Gasteiger partial charge >= 0.3 is 5.97 Å². The quantitative estimate of drug-likeness (QED) is 0.674. The van der Waals surface area contributed by atoms with E-state index in [2.05, 4.69) is 16.0 Å². The highest BCUT2D eigenvalue weighted by Gasteiger charge is 2.49. The van der Waals surface area contributed by atoms with Gasteiger partial charge in [0, 0.05) is 44.1 Å². The number of nitrogens with zero attached hydrogens (tertiary/aromatic N) is 3. The molecule has 1 aromatic carbocycles. The van der Waals surface area contributed by atoms with Crippen molar-refractivity contribution in [3.63, 3.8) is 0 Å². The van der Waals surface area contributed by atoms with Crippen LogP contribution in [0.1, 0.15) is 31.7 Å². The number of piperidine rings is 1. The Morgan fingerprint density at radius 2 is 1.86 bits per heavy atom. The van der Waals surface area contributed by atoms with E-state index in [1.165, 1.54) is 12.7 Å². The summed E-state index contributed by atoms with van der Waals surface area (Å²) in [4.78, 5) is 34.1. The predicted molar refractivity (Wildman–Crippen MR) is 113 cm³/mol. The number of ether oxygens (including phenoxy) is 1. The molecule has 0 aliphatic carbocycles. The summed E-state index contributed by atoms with van der Waals surface area (Å²) < 4.78 is 5.20. The smallest absolute Gasteiger partial charge is 0.332 e. The number of esters is 1. The Kier molecular flexibility index (Phi) is 6.99. The first kappa shape index (κ1) is 21.0. The first-order chi connectivity index (χ1) is 14.1. The van der Waals surface area contributed by atoms with E-state index in [4.69, 9.17) is 4.74 Å². The largest absolute Gasteiger partial charge is 0.467 e. The van der Waals surface area contributed by atoms with Crippen molar-refractivity contribution in [1.82, 2.24) is 9.88 Å². The monoisotopic (exact) mass is 395 g/mol. The number of anilines is 1. The van der Waals surface area contributed by atoms with Crippen LogP contribution in [-0.4, -0.2) is 54.0 Å². The molecule has 1 saturated heterocycles. The molecule has 0 saturated carbocycles. The summed E-state index contributed by atoms with van der Waals surface area (Å²) >= 11 is 0. The van der Waals surface area contributed by atoms with Gasteiger partial charge in [-0.3, -0.25) is 14.7 Å². The fourth-order valence-electron chi connectivity index (χ4n) is 4.05. The molecule has 0 radical (unpaired) electrons. The van der Waals surface area contributed by atoms with Gasteiger partial charge < -0.3 is 9.64 Å². The van der Waals surface area contributed by atoms with E-state index in [1.54, 1.807) is 11.1 Å². The molecule has 1 aliphatic heterocycles. The third-order valence-corrected chi connectivity index (χ3v) is 5.68. The number of rotatable bonds is 7. The van der Waals surface area contributed by atoms with Gasteiger partial charge in [-0.05, 0) is 43.0 Å². The number of para-hydroxylation sites is 1. The van der Waals surface area contributed by atoms with Crippen molar-refractivity contribution in [3.05, 3.63) is 60.4 Å². The first-order valence-corrected chi connectivity index (χ1v) is 10.2. The molecule has 0 unspecified atom stereocenters. The van der Waals surface area contributed by atoms with Crippen LogP contribution in [0.3, 0.4) is 0 Å². The zero-order valence-corrected chi connectivity index (χ0v) is 17.2. The van der Waals surface area contributed by atoms with Gasteiger partial charge in [-0.2, -0.15) is 0 Å². The van der Waals surface area contributed by atoms with Crippen LogP contribution < -0.4 is 4.90 Å². The highest BCUT2D eigenvalue weighted by Crippen LogP contribution is 2.35. The normalized spacial score (nSPS) is 16.2. The lowest BCUT2D eigenvalue weighted by Crippen LogP contribution is -2.62. The average molecular weight is 396 g/mol. The molecule has 0 bridgehead atoms. The molecule has 0 atom stereocenters. The SMILES string of the molecule is CCC(=O)N(c1ccccc1)C1(C(=O)OC)CCN(CCc2cccnc2)CC1. The van der Waals surface area contributed by atoms with Crippen molar-refractivity contribution in [2.24, 2.45) is 0 Å². The maximum Gasteiger partial charge on any atom is 0.332 e. The van der Waals surface area contributed by atoms with Crippen molar-refractivity contribution >= 4 is 17.6 Å². The van der Waals surface area contributed by atoms with Crippen LogP contribution >= 0.6 is 0 Å². The Bertz CT molecular complexity index is 803. The van der Waals surface area contributed by atoms with E-state index in [0.717, 1.165) is 31.7 Å². The molecule has 0 N–H and O–H groups in total. The first-order valence-electron chi connectivity index (χ1n) is 10.2. The Balaban J connectivity index is 1.79. The number of hydrogen-bond donors (Lipinski definition) is 0. The maximum absolute atomic E-state index is 13.0. The Hall–Kier alpha value is -2.73. The van der Waals surface area contributed by atoms with Crippen LogP contribution in [0, 0.1) is 0 Å². The number of carbonyl (C=O) groups excluding carboxylic acids is 2. The van der Waals surface area contributed by atoms with E-state index >= 15 is 0 Å². The molecule has 2 heterocycles. The van der Waals surface area contributed by atoms with E-state index < -0.39 is 5.54 Å². The number of aromatic nitrogens is 1. The third kappa shape index (κ3) is 4.65. The van der Waals surface area contributed by atoms with Crippen molar-refractivity contribution in [1.29, 1.82) is 0 Å². The topological polar surface area (TPSA) is 62.7 Å². The minimum absolute atomic E-state index is 0.0644. The molecule has 1 aliphatic rings. The zero-order valence-electron chi connectivity index (χ0n) is 17.2. The molecule has 1 fully saturated rings. The predicted octanol–water partition coefficient (Wildman–Crippen LogP) is 3.07. The molecule has 0 spiro atoms. The Morgan fingerprint density at radius 1 is 1.14 bits per heavy atom. The summed E-state index contributed by atoms with van der Waals surface area (Å²) in [5.74, 6) is -0.402. The average Bonchev–Trinajstić information content (AvgIpc) is 2.79. The molecule has 1 amide bonds. The molecule has 154 valence electrons. The maximum atomic E-state index is 13.0. The standard InChI is InChI=1S/C23H29N3O3/c1-3-21(27)26(20-9-5-4-6-10-20)23(22(28)29-2)12-16-25(17-13-23)15-11-19-8-7-14-24-18-19/h4-10,14,18H,3,11-13,15-17H2,1-2H3.